The summed E-state index contributed by atoms with van der Waals surface area (Å²) in [6.45, 7) is 3.90. The van der Waals surface area contributed by atoms with Crippen LogP contribution in [0, 0.1) is 0 Å². The summed E-state index contributed by atoms with van der Waals surface area (Å²) in [5, 5.41) is 12.4. The zero-order valence-corrected chi connectivity index (χ0v) is 69.6. The number of azide groups is 3. The fourth-order valence-corrected chi connectivity index (χ4v) is 15.0. The second-order valence-electron chi connectivity index (χ2n) is 29.5. The van der Waals surface area contributed by atoms with Gasteiger partial charge >= 0.3 is 41.8 Å². The van der Waals surface area contributed by atoms with E-state index >= 15 is 4.79 Å². The van der Waals surface area contributed by atoms with E-state index in [1.165, 1.54) is 26.2 Å². The van der Waals surface area contributed by atoms with Crippen molar-refractivity contribution in [2.24, 2.45) is 15.3 Å². The van der Waals surface area contributed by atoms with Gasteiger partial charge in [0.1, 0.15) is 117 Å². The van der Waals surface area contributed by atoms with Crippen LogP contribution in [0.5, 0.6) is 11.5 Å². The van der Waals surface area contributed by atoms with E-state index in [2.05, 4.69) is 30.1 Å². The minimum atomic E-state index is -2.16. The summed E-state index contributed by atoms with van der Waals surface area (Å²) in [4.78, 5) is 106. The summed E-state index contributed by atoms with van der Waals surface area (Å²) in [6.07, 6.45) is -39.6. The van der Waals surface area contributed by atoms with Crippen LogP contribution < -0.4 is 9.47 Å². The number of hydrogen-bond donors (Lipinski definition) is 0. The van der Waals surface area contributed by atoms with Crippen molar-refractivity contribution in [3.63, 3.8) is 0 Å². The predicted molar refractivity (Wildman–Crippen MR) is 428 cm³/mol. The van der Waals surface area contributed by atoms with E-state index in [1.54, 1.807) is 133 Å². The van der Waals surface area contributed by atoms with Gasteiger partial charge in [0.05, 0.1) is 19.8 Å². The Morgan fingerprint density at radius 2 is 0.722 bits per heavy atom. The van der Waals surface area contributed by atoms with Crippen LogP contribution in [0.15, 0.2) is 197 Å². The molecule has 0 radical (unpaired) electrons. The van der Waals surface area contributed by atoms with E-state index in [9.17, 15) is 45.4 Å². The summed E-state index contributed by atoms with van der Waals surface area (Å²) >= 11 is 0. The van der Waals surface area contributed by atoms with Crippen molar-refractivity contribution in [1.29, 1.82) is 0 Å². The second kappa shape index (κ2) is 46.7. The maximum absolute atomic E-state index is 15.8. The van der Waals surface area contributed by atoms with Crippen LogP contribution >= 0.6 is 0 Å². The minimum absolute atomic E-state index is 0.0402. The van der Waals surface area contributed by atoms with Crippen LogP contribution in [0.1, 0.15) is 76.6 Å². The van der Waals surface area contributed by atoms with Crippen molar-refractivity contribution < 1.29 is 147 Å². The van der Waals surface area contributed by atoms with Crippen molar-refractivity contribution >= 4 is 41.8 Å². The molecule has 40 nitrogen and oxygen atoms in total. The van der Waals surface area contributed by atoms with Crippen molar-refractivity contribution in [3.8, 4) is 11.5 Å². The van der Waals surface area contributed by atoms with Gasteiger partial charge in [0.2, 0.25) is 12.6 Å². The molecular weight excluding hydrogens is 1650 g/mol. The van der Waals surface area contributed by atoms with E-state index in [1.807, 2.05) is 36.4 Å². The van der Waals surface area contributed by atoms with Crippen LogP contribution in [0.25, 0.3) is 31.3 Å². The monoisotopic (exact) mass is 1750 g/mol. The average molecular weight is 1750 g/mol. The highest BCUT2D eigenvalue weighted by atomic mass is 16.8. The molecule has 12 rings (SSSR count). The Morgan fingerprint density at radius 3 is 1.17 bits per heavy atom. The van der Waals surface area contributed by atoms with E-state index in [0.717, 1.165) is 34.6 Å². The van der Waals surface area contributed by atoms with Gasteiger partial charge in [-0.25, -0.2) is 4.79 Å². The van der Waals surface area contributed by atoms with Gasteiger partial charge in [0, 0.05) is 76.4 Å². The standard InChI is InChI=1S/C86H97N9O31/c1-48(96)105-45-60-67(108-41-54-27-14-8-15-28-54)70(109-42-55-29-16-9-17-30-55)65(91-94-88)82(118-60)123-73-74(115-58-35-22-12-23-36-58)78(120-63-39-26-40-104-63)85(124-76(73)80(102)111-44-57-33-20-11-21-34-57)122-69-62(47-107-50(3)98)119-83(66(92-95-89)72(69)112-51(4)99)125-79-75(113-52(5)100)77(114-53(6)101)86(126-84(79)116-59-37-24-13-25-38-59)121-68-61(46-106-49(2)97)117-81(103-7)64(90-93-87)71(68)110-43-56-31-18-10-19-32-56/h8-25,27-38,60-79,81-86H,26,39-47H2,1-7H3/t60-,61-,62-,63?,64-,65-,66-,67-,68-,69+,70-,71-,72-,73+,74+,75-,76+,77-,78-,79+,81+,82-,83-,84-,85-,86-/m1/s1. The van der Waals surface area contributed by atoms with Gasteiger partial charge in [-0.2, -0.15) is 0 Å². The zero-order chi connectivity index (χ0) is 89.0. The van der Waals surface area contributed by atoms with Crippen LogP contribution in [0.2, 0.25) is 0 Å². The molecule has 672 valence electrons. The Labute approximate surface area is 722 Å². The normalized spacial score (nSPS) is 30.5. The Morgan fingerprint density at radius 1 is 0.349 bits per heavy atom. The molecule has 0 aromatic heterocycles. The number of carbonyl (C=O) groups excluding carboxylic acids is 7. The van der Waals surface area contributed by atoms with Gasteiger partial charge < -0.3 is 114 Å². The number of carbonyl (C=O) groups is 7. The molecule has 126 heavy (non-hydrogen) atoms. The van der Waals surface area contributed by atoms with Crippen LogP contribution in [0.4, 0.5) is 0 Å². The molecule has 0 N–H and O–H groups in total. The molecule has 6 saturated heterocycles. The second-order valence-corrected chi connectivity index (χ2v) is 29.5. The third-order valence-corrected chi connectivity index (χ3v) is 20.5. The van der Waals surface area contributed by atoms with Crippen molar-refractivity contribution in [2.45, 2.75) is 241 Å². The number of para-hydroxylation sites is 2. The van der Waals surface area contributed by atoms with Crippen LogP contribution in [0.3, 0.4) is 0 Å². The summed E-state index contributed by atoms with van der Waals surface area (Å²) in [5.41, 5.74) is 34.2. The number of nitrogens with zero attached hydrogens (tertiary/aromatic N) is 9. The lowest BCUT2D eigenvalue weighted by Crippen LogP contribution is -2.70. The molecule has 6 fully saturated rings. The molecule has 0 amide bonds. The number of ether oxygens (including phenoxy) is 24. The minimum Gasteiger partial charge on any atom is -0.485 e. The van der Waals surface area contributed by atoms with E-state index in [-0.39, 0.29) is 44.3 Å². The fourth-order valence-electron chi connectivity index (χ4n) is 15.0. The first-order chi connectivity index (χ1) is 61.1. The van der Waals surface area contributed by atoms with Crippen molar-refractivity contribution in [2.75, 3.05) is 33.5 Å². The number of rotatable bonds is 39. The molecule has 0 bridgehead atoms. The number of esters is 7. The van der Waals surface area contributed by atoms with Gasteiger partial charge in [-0.3, -0.25) is 28.8 Å². The lowest BCUT2D eigenvalue weighted by atomic mass is 9.94. The quantitative estimate of drug-likeness (QED) is 0.0114. The Hall–Kier alpha value is -11.5. The first-order valence-electron chi connectivity index (χ1n) is 40.5. The molecule has 6 aromatic rings. The smallest absolute Gasteiger partial charge is 0.338 e. The molecule has 0 spiro atoms. The maximum Gasteiger partial charge on any atom is 0.338 e. The Balaban J connectivity index is 0.964. The topological polar surface area (TPSA) is 487 Å². The number of methoxy groups -OCH3 is 1. The van der Waals surface area contributed by atoms with Crippen LogP contribution in [-0.4, -0.2) is 235 Å². The van der Waals surface area contributed by atoms with Gasteiger partial charge in [-0.1, -0.05) is 173 Å². The summed E-state index contributed by atoms with van der Waals surface area (Å²) in [5.74, 6) is -6.58. The maximum atomic E-state index is 15.8. The van der Waals surface area contributed by atoms with E-state index in [4.69, 9.17) is 114 Å². The summed E-state index contributed by atoms with van der Waals surface area (Å²) in [7, 11) is 1.27. The third kappa shape index (κ3) is 25.7. The Kier molecular flexibility index (Phi) is 34.7. The van der Waals surface area contributed by atoms with Crippen molar-refractivity contribution in [3.05, 3.63) is 236 Å². The molecule has 26 atom stereocenters. The first-order valence-corrected chi connectivity index (χ1v) is 40.5. The highest BCUT2D eigenvalue weighted by Gasteiger charge is 2.63. The van der Waals surface area contributed by atoms with Crippen molar-refractivity contribution in [1.82, 2.24) is 0 Å². The summed E-state index contributed by atoms with van der Waals surface area (Å²) < 4.78 is 156. The molecule has 0 saturated carbocycles. The van der Waals surface area contributed by atoms with Gasteiger partial charge in [0.15, 0.2) is 68.1 Å². The summed E-state index contributed by atoms with van der Waals surface area (Å²) in [6, 6.07) is 46.4. The molecule has 6 aromatic carbocycles. The molecule has 6 heterocycles. The largest absolute Gasteiger partial charge is 0.485 e. The Bertz CT molecular complexity index is 4660. The molecule has 40 heteroatoms. The van der Waals surface area contributed by atoms with E-state index < -0.39 is 228 Å². The SMILES string of the molecule is CO[C@H]1O[C@H](COC(C)=O)[C@@H](O[C@@H]2O[C@@H](Oc3ccccc3)[C@@H](O[C@H]3O[C@H](COC(C)=O)[C@H](O[C@@H]4O[C@H](C(=O)OCc5ccccc5)[C@@H](O[C@H]5O[C@H](COC(C)=O)[C@@H](OCc6ccccc6)[C@H](OCc6ccccc6)[C@H]5N=[N+]=[N-])[C@H](Oc5ccccc5)[C@H]4OC4CCCO4)[C@H](OC(C)=O)[C@H]3N=[N+]=[N-])[C@H](OC(C)=O)[C@H]2OC(C)=O)[C@H](OCc2ccccc2)[C@H]1N=[N+]=[N-]. The van der Waals surface area contributed by atoms with Gasteiger partial charge in [0.25, 0.3) is 0 Å². The van der Waals surface area contributed by atoms with E-state index in [0.29, 0.717) is 28.7 Å². The number of benzene rings is 6. The third-order valence-electron chi connectivity index (χ3n) is 20.5. The van der Waals surface area contributed by atoms with Crippen LogP contribution in [-0.2, 0) is 164 Å². The zero-order valence-electron chi connectivity index (χ0n) is 69.6. The molecule has 6 aliphatic heterocycles. The fraction of sp³-hybridized carbons (Fsp3) is 0.500. The highest BCUT2D eigenvalue weighted by molar-refractivity contribution is 5.76. The lowest BCUT2D eigenvalue weighted by Gasteiger charge is -2.51. The first kappa shape index (κ1) is 93.7. The molecular formula is C86H97N9O31. The lowest BCUT2D eigenvalue weighted by molar-refractivity contribution is -0.395. The predicted octanol–water partition coefficient (Wildman–Crippen LogP) is 9.82. The molecule has 6 aliphatic rings. The average Bonchev–Trinajstić information content (AvgIpc) is 0.773. The molecule has 1 unspecified atom stereocenters. The molecule has 0 aliphatic carbocycles. The highest BCUT2D eigenvalue weighted by Crippen LogP contribution is 2.43. The van der Waals surface area contributed by atoms with Gasteiger partial charge in [-0.05, 0) is 69.5 Å². The number of hydrogen-bond acceptors (Lipinski definition) is 34. The van der Waals surface area contributed by atoms with Gasteiger partial charge in [-0.15, -0.1) is 0 Å².